The molecule has 6 heteroatoms. The molecule has 15 heavy (non-hydrogen) atoms. The van der Waals surface area contributed by atoms with Gasteiger partial charge in [-0.1, -0.05) is 0 Å². The number of nitrogens with zero attached hydrogens (tertiary/aromatic N) is 1. The molecule has 0 amide bonds. The van der Waals surface area contributed by atoms with Crippen LogP contribution in [0.25, 0.3) is 0 Å². The first-order chi connectivity index (χ1) is 6.89. The summed E-state index contributed by atoms with van der Waals surface area (Å²) < 4.78 is 30.9. The zero-order chi connectivity index (χ0) is 11.6. The van der Waals surface area contributed by atoms with E-state index in [1.807, 2.05) is 0 Å². The Morgan fingerprint density at radius 1 is 1.60 bits per heavy atom. The molecular weight excluding hydrogens is 270 g/mol. The first-order valence-electron chi connectivity index (χ1n) is 4.16. The highest BCUT2D eigenvalue weighted by Crippen LogP contribution is 2.32. The topological polar surface area (TPSA) is 48.1 Å². The summed E-state index contributed by atoms with van der Waals surface area (Å²) in [5, 5.41) is 0. The van der Waals surface area contributed by atoms with Gasteiger partial charge in [-0.25, -0.2) is 13.8 Å². The van der Waals surface area contributed by atoms with E-state index in [9.17, 15) is 8.78 Å². The van der Waals surface area contributed by atoms with Crippen molar-refractivity contribution in [2.24, 2.45) is 5.73 Å². The van der Waals surface area contributed by atoms with Gasteiger partial charge in [0.2, 0.25) is 5.88 Å². The number of methoxy groups -OCH3 is 1. The number of pyridine rings is 1. The van der Waals surface area contributed by atoms with E-state index in [0.29, 0.717) is 4.47 Å². The van der Waals surface area contributed by atoms with Crippen molar-refractivity contribution in [3.8, 4) is 5.88 Å². The van der Waals surface area contributed by atoms with Gasteiger partial charge in [0.15, 0.2) is 0 Å². The van der Waals surface area contributed by atoms with Crippen LogP contribution in [-0.2, 0) is 5.54 Å². The molecule has 2 N–H and O–H groups in total. The second kappa shape index (κ2) is 4.40. The molecule has 1 atom stereocenters. The van der Waals surface area contributed by atoms with E-state index in [2.05, 4.69) is 20.9 Å². The van der Waals surface area contributed by atoms with Gasteiger partial charge in [0, 0.05) is 16.2 Å². The smallest absolute Gasteiger partial charge is 0.260 e. The van der Waals surface area contributed by atoms with E-state index in [4.69, 9.17) is 10.5 Å². The van der Waals surface area contributed by atoms with Crippen molar-refractivity contribution in [3.05, 3.63) is 22.3 Å². The van der Waals surface area contributed by atoms with Crippen molar-refractivity contribution in [1.29, 1.82) is 0 Å². The second-order valence-corrected chi connectivity index (χ2v) is 4.21. The normalized spacial score (nSPS) is 15.1. The van der Waals surface area contributed by atoms with E-state index >= 15 is 0 Å². The largest absolute Gasteiger partial charge is 0.481 e. The Kier molecular flexibility index (Phi) is 3.62. The quantitative estimate of drug-likeness (QED) is 0.924. The lowest BCUT2D eigenvalue weighted by Crippen LogP contribution is -2.41. The molecule has 0 aliphatic rings. The van der Waals surface area contributed by atoms with E-state index in [1.165, 1.54) is 26.3 Å². The maximum absolute atomic E-state index is 12.7. The van der Waals surface area contributed by atoms with Gasteiger partial charge in [-0.05, 0) is 28.9 Å². The Morgan fingerprint density at radius 3 is 2.67 bits per heavy atom. The molecule has 0 radical (unpaired) electrons. The zero-order valence-corrected chi connectivity index (χ0v) is 9.88. The van der Waals surface area contributed by atoms with Crippen LogP contribution in [0.3, 0.4) is 0 Å². The minimum atomic E-state index is -2.69. The average Bonchev–Trinajstić information content (AvgIpc) is 2.17. The van der Waals surface area contributed by atoms with Crippen LogP contribution in [0.2, 0.25) is 0 Å². The highest BCUT2D eigenvalue weighted by molar-refractivity contribution is 9.10. The van der Waals surface area contributed by atoms with Gasteiger partial charge in [-0.15, -0.1) is 0 Å². The number of hydrogen-bond acceptors (Lipinski definition) is 3. The van der Waals surface area contributed by atoms with Crippen molar-refractivity contribution >= 4 is 15.9 Å². The standard InChI is InChI=1S/C9H11BrF2N2O/c1-9(13,8(11)12)6-3-5(10)4-14-7(6)15-2/h3-4,8H,13H2,1-2H3. The van der Waals surface area contributed by atoms with E-state index in [0.717, 1.165) is 0 Å². The van der Waals surface area contributed by atoms with Crippen molar-refractivity contribution in [1.82, 2.24) is 4.98 Å². The van der Waals surface area contributed by atoms with Gasteiger partial charge in [0.05, 0.1) is 7.11 Å². The number of nitrogens with two attached hydrogens (primary N) is 1. The molecular formula is C9H11BrF2N2O. The third-order valence-electron chi connectivity index (χ3n) is 2.04. The summed E-state index contributed by atoms with van der Waals surface area (Å²) in [6, 6.07) is 1.48. The van der Waals surface area contributed by atoms with Crippen LogP contribution in [0.1, 0.15) is 12.5 Å². The molecule has 0 spiro atoms. The summed E-state index contributed by atoms with van der Waals surface area (Å²) in [4.78, 5) is 3.86. The first kappa shape index (κ1) is 12.3. The summed E-state index contributed by atoms with van der Waals surface area (Å²) in [6.07, 6.45) is -1.23. The lowest BCUT2D eigenvalue weighted by atomic mass is 9.95. The highest BCUT2D eigenvalue weighted by Gasteiger charge is 2.35. The molecule has 1 aromatic heterocycles. The molecule has 1 unspecified atom stereocenters. The van der Waals surface area contributed by atoms with E-state index < -0.39 is 12.0 Å². The molecule has 0 bridgehead atoms. The summed E-state index contributed by atoms with van der Waals surface area (Å²) in [5.74, 6) is 0.114. The van der Waals surface area contributed by atoms with Gasteiger partial charge in [0.25, 0.3) is 6.43 Å². The lowest BCUT2D eigenvalue weighted by Gasteiger charge is -2.25. The summed E-state index contributed by atoms with van der Waals surface area (Å²) >= 11 is 3.15. The Labute approximate surface area is 94.8 Å². The molecule has 0 fully saturated rings. The van der Waals surface area contributed by atoms with Crippen LogP contribution in [0.15, 0.2) is 16.7 Å². The molecule has 1 aromatic rings. The average molecular weight is 281 g/mol. The summed E-state index contributed by atoms with van der Waals surface area (Å²) in [6.45, 7) is 1.24. The van der Waals surface area contributed by atoms with E-state index in [-0.39, 0.29) is 11.4 Å². The Balaban J connectivity index is 3.28. The SMILES string of the molecule is COc1ncc(Br)cc1C(C)(N)C(F)F. The van der Waals surface area contributed by atoms with Gasteiger partial charge in [-0.2, -0.15) is 0 Å². The predicted molar refractivity (Wildman–Crippen MR) is 56.0 cm³/mol. The van der Waals surface area contributed by atoms with Crippen molar-refractivity contribution < 1.29 is 13.5 Å². The minimum Gasteiger partial charge on any atom is -0.481 e. The highest BCUT2D eigenvalue weighted by atomic mass is 79.9. The fraction of sp³-hybridized carbons (Fsp3) is 0.444. The molecule has 0 saturated heterocycles. The Bertz CT molecular complexity index is 358. The van der Waals surface area contributed by atoms with Gasteiger partial charge in [-0.3, -0.25) is 0 Å². The Morgan fingerprint density at radius 2 is 2.20 bits per heavy atom. The van der Waals surface area contributed by atoms with Crippen molar-refractivity contribution in [2.75, 3.05) is 7.11 Å². The van der Waals surface area contributed by atoms with Crippen LogP contribution in [0.5, 0.6) is 5.88 Å². The number of alkyl halides is 2. The molecule has 0 saturated carbocycles. The van der Waals surface area contributed by atoms with Crippen LogP contribution in [-0.4, -0.2) is 18.5 Å². The maximum Gasteiger partial charge on any atom is 0.260 e. The number of aromatic nitrogens is 1. The maximum atomic E-state index is 12.7. The molecule has 1 heterocycles. The van der Waals surface area contributed by atoms with Crippen LogP contribution < -0.4 is 10.5 Å². The van der Waals surface area contributed by atoms with Crippen molar-refractivity contribution in [2.45, 2.75) is 18.9 Å². The zero-order valence-electron chi connectivity index (χ0n) is 8.30. The first-order valence-corrected chi connectivity index (χ1v) is 4.96. The van der Waals surface area contributed by atoms with Crippen molar-refractivity contribution in [3.63, 3.8) is 0 Å². The Hall–Kier alpha value is -0.750. The second-order valence-electron chi connectivity index (χ2n) is 3.29. The van der Waals surface area contributed by atoms with Crippen LogP contribution in [0.4, 0.5) is 8.78 Å². The fourth-order valence-electron chi connectivity index (χ4n) is 1.09. The summed E-state index contributed by atoms with van der Waals surface area (Å²) in [5.41, 5.74) is 3.93. The van der Waals surface area contributed by atoms with Gasteiger partial charge >= 0.3 is 0 Å². The van der Waals surface area contributed by atoms with Gasteiger partial charge < -0.3 is 10.5 Å². The third-order valence-corrected chi connectivity index (χ3v) is 2.48. The molecule has 0 aliphatic heterocycles. The number of hydrogen-bond donors (Lipinski definition) is 1. The number of rotatable bonds is 3. The predicted octanol–water partition coefficient (Wildman–Crippen LogP) is 2.29. The number of halogens is 3. The monoisotopic (exact) mass is 280 g/mol. The van der Waals surface area contributed by atoms with Crippen LogP contribution >= 0.6 is 15.9 Å². The molecule has 84 valence electrons. The van der Waals surface area contributed by atoms with Crippen LogP contribution in [0, 0.1) is 0 Å². The third kappa shape index (κ3) is 2.43. The fourth-order valence-corrected chi connectivity index (χ4v) is 1.42. The summed E-state index contributed by atoms with van der Waals surface area (Å²) in [7, 11) is 1.36. The molecule has 3 nitrogen and oxygen atoms in total. The van der Waals surface area contributed by atoms with Gasteiger partial charge in [0.1, 0.15) is 5.54 Å². The number of ether oxygens (including phenoxy) is 1. The lowest BCUT2D eigenvalue weighted by molar-refractivity contribution is 0.0606. The molecule has 0 aromatic carbocycles. The van der Waals surface area contributed by atoms with E-state index in [1.54, 1.807) is 0 Å². The molecule has 0 aliphatic carbocycles. The minimum absolute atomic E-state index is 0.114. The molecule has 1 rings (SSSR count).